The fourth-order valence-electron chi connectivity index (χ4n) is 1.01. The van der Waals surface area contributed by atoms with Crippen LogP contribution in [0.5, 0.6) is 0 Å². The van der Waals surface area contributed by atoms with Crippen LogP contribution in [-0.2, 0) is 16.1 Å². The normalized spacial score (nSPS) is 10.4. The van der Waals surface area contributed by atoms with Gasteiger partial charge in [-0.2, -0.15) is 0 Å². The number of anilines is 1. The van der Waals surface area contributed by atoms with Crippen LogP contribution < -0.4 is 5.73 Å². The van der Waals surface area contributed by atoms with Crippen molar-refractivity contribution in [2.75, 3.05) is 5.73 Å². The monoisotopic (exact) mass is 182 g/mol. The number of nitrogens with two attached hydrogens (primary N) is 1. The van der Waals surface area contributed by atoms with E-state index >= 15 is 0 Å². The van der Waals surface area contributed by atoms with Crippen LogP contribution in [0, 0.1) is 0 Å². The van der Waals surface area contributed by atoms with Crippen molar-refractivity contribution in [1.82, 2.24) is 4.57 Å². The van der Waals surface area contributed by atoms with Gasteiger partial charge >= 0.3 is 5.97 Å². The number of carbonyl (C=O) groups excluding carboxylic acids is 1. The van der Waals surface area contributed by atoms with Crippen LogP contribution >= 0.6 is 0 Å². The van der Waals surface area contributed by atoms with E-state index in [1.165, 1.54) is 0 Å². The van der Waals surface area contributed by atoms with Gasteiger partial charge in [0.15, 0.2) is 0 Å². The Morgan fingerprint density at radius 2 is 2.38 bits per heavy atom. The van der Waals surface area contributed by atoms with Gasteiger partial charge in [0, 0.05) is 18.1 Å². The van der Waals surface area contributed by atoms with Crippen LogP contribution in [0.25, 0.3) is 0 Å². The number of rotatable bonds is 3. The topological polar surface area (TPSA) is 57.2 Å². The highest BCUT2D eigenvalue weighted by Gasteiger charge is 2.05. The summed E-state index contributed by atoms with van der Waals surface area (Å²) < 4.78 is 6.66. The molecule has 0 aliphatic rings. The van der Waals surface area contributed by atoms with E-state index in [1.54, 1.807) is 23.0 Å². The van der Waals surface area contributed by atoms with Crippen molar-refractivity contribution in [1.29, 1.82) is 0 Å². The first-order valence-corrected chi connectivity index (χ1v) is 4.18. The second-order valence-electron chi connectivity index (χ2n) is 3.16. The molecule has 0 aromatic carbocycles. The third kappa shape index (κ3) is 3.19. The van der Waals surface area contributed by atoms with Gasteiger partial charge in [0.25, 0.3) is 0 Å². The fourth-order valence-corrected chi connectivity index (χ4v) is 1.01. The van der Waals surface area contributed by atoms with Gasteiger partial charge in [0.1, 0.15) is 6.54 Å². The quantitative estimate of drug-likeness (QED) is 0.710. The lowest BCUT2D eigenvalue weighted by Gasteiger charge is -2.07. The minimum absolute atomic E-state index is 0.0691. The Morgan fingerprint density at radius 1 is 1.69 bits per heavy atom. The highest BCUT2D eigenvalue weighted by Crippen LogP contribution is 2.02. The number of ether oxygens (including phenoxy) is 1. The number of hydrogen-bond donors (Lipinski definition) is 1. The molecule has 1 aromatic heterocycles. The highest BCUT2D eigenvalue weighted by atomic mass is 16.5. The second kappa shape index (κ2) is 3.98. The molecule has 0 radical (unpaired) electrons. The SMILES string of the molecule is CC(C)OC(=O)Cn1ccc(N)c1. The first-order chi connectivity index (χ1) is 6.08. The number of esters is 1. The molecule has 0 spiro atoms. The van der Waals surface area contributed by atoms with E-state index in [4.69, 9.17) is 10.5 Å². The minimum atomic E-state index is -0.245. The molecule has 0 bridgehead atoms. The van der Waals surface area contributed by atoms with Gasteiger partial charge in [-0.15, -0.1) is 0 Å². The largest absolute Gasteiger partial charge is 0.462 e. The lowest BCUT2D eigenvalue weighted by Crippen LogP contribution is -2.16. The molecule has 0 fully saturated rings. The van der Waals surface area contributed by atoms with E-state index in [2.05, 4.69) is 0 Å². The van der Waals surface area contributed by atoms with E-state index in [1.807, 2.05) is 13.8 Å². The molecule has 0 saturated carbocycles. The summed E-state index contributed by atoms with van der Waals surface area (Å²) in [6, 6.07) is 1.74. The molecular formula is C9H14N2O2. The molecule has 1 rings (SSSR count). The summed E-state index contributed by atoms with van der Waals surface area (Å²) in [5.74, 6) is -0.245. The van der Waals surface area contributed by atoms with Crippen molar-refractivity contribution in [3.05, 3.63) is 18.5 Å². The summed E-state index contributed by atoms with van der Waals surface area (Å²) in [6.45, 7) is 3.86. The van der Waals surface area contributed by atoms with Crippen molar-refractivity contribution in [2.24, 2.45) is 0 Å². The van der Waals surface area contributed by atoms with Gasteiger partial charge in [0.2, 0.25) is 0 Å². The van der Waals surface area contributed by atoms with Crippen molar-refractivity contribution in [3.63, 3.8) is 0 Å². The highest BCUT2D eigenvalue weighted by molar-refractivity contribution is 5.69. The second-order valence-corrected chi connectivity index (χ2v) is 3.16. The molecule has 13 heavy (non-hydrogen) atoms. The maximum absolute atomic E-state index is 11.1. The van der Waals surface area contributed by atoms with Crippen molar-refractivity contribution < 1.29 is 9.53 Å². The van der Waals surface area contributed by atoms with E-state index in [9.17, 15) is 4.79 Å². The summed E-state index contributed by atoms with van der Waals surface area (Å²) >= 11 is 0. The van der Waals surface area contributed by atoms with E-state index in [-0.39, 0.29) is 18.6 Å². The molecule has 4 nitrogen and oxygen atoms in total. The predicted octanol–water partition coefficient (Wildman–Crippen LogP) is 1.02. The Labute approximate surface area is 77.3 Å². The molecule has 0 aliphatic heterocycles. The first kappa shape index (κ1) is 9.64. The lowest BCUT2D eigenvalue weighted by atomic mass is 10.5. The third-order valence-corrected chi connectivity index (χ3v) is 1.45. The minimum Gasteiger partial charge on any atom is -0.462 e. The van der Waals surface area contributed by atoms with E-state index < -0.39 is 0 Å². The zero-order valence-corrected chi connectivity index (χ0v) is 7.86. The summed E-state index contributed by atoms with van der Waals surface area (Å²) in [5.41, 5.74) is 6.13. The van der Waals surface area contributed by atoms with Gasteiger partial charge in [-0.25, -0.2) is 0 Å². The molecule has 0 aliphatic carbocycles. The van der Waals surface area contributed by atoms with Crippen LogP contribution in [0.2, 0.25) is 0 Å². The molecule has 0 amide bonds. The number of aromatic nitrogens is 1. The van der Waals surface area contributed by atoms with Crippen molar-refractivity contribution in [3.8, 4) is 0 Å². The fraction of sp³-hybridized carbons (Fsp3) is 0.444. The van der Waals surface area contributed by atoms with Crippen LogP contribution in [0.3, 0.4) is 0 Å². The maximum Gasteiger partial charge on any atom is 0.326 e. The molecule has 0 unspecified atom stereocenters. The maximum atomic E-state index is 11.1. The van der Waals surface area contributed by atoms with E-state index in [0.717, 1.165) is 0 Å². The van der Waals surface area contributed by atoms with Gasteiger partial charge < -0.3 is 15.0 Å². The average molecular weight is 182 g/mol. The summed E-state index contributed by atoms with van der Waals surface area (Å²) in [6.07, 6.45) is 3.37. The number of hydrogen-bond acceptors (Lipinski definition) is 3. The Balaban J connectivity index is 2.45. The molecule has 0 atom stereocenters. The zero-order valence-electron chi connectivity index (χ0n) is 7.86. The number of carbonyl (C=O) groups is 1. The Kier molecular flexibility index (Phi) is 2.95. The molecule has 72 valence electrons. The Hall–Kier alpha value is -1.45. The van der Waals surface area contributed by atoms with Crippen LogP contribution in [0.1, 0.15) is 13.8 Å². The number of nitrogens with zero attached hydrogens (tertiary/aromatic N) is 1. The van der Waals surface area contributed by atoms with Gasteiger partial charge in [-0.1, -0.05) is 0 Å². The molecule has 1 heterocycles. The third-order valence-electron chi connectivity index (χ3n) is 1.45. The number of nitrogen functional groups attached to an aromatic ring is 1. The standard InChI is InChI=1S/C9H14N2O2/c1-7(2)13-9(12)6-11-4-3-8(10)5-11/h3-5,7H,6,10H2,1-2H3. The predicted molar refractivity (Wildman–Crippen MR) is 50.1 cm³/mol. The summed E-state index contributed by atoms with van der Waals surface area (Å²) in [4.78, 5) is 11.1. The Bertz CT molecular complexity index is 292. The van der Waals surface area contributed by atoms with Gasteiger partial charge in [-0.05, 0) is 19.9 Å². The molecule has 0 saturated heterocycles. The molecular weight excluding hydrogens is 168 g/mol. The van der Waals surface area contributed by atoms with Gasteiger partial charge in [-0.3, -0.25) is 4.79 Å². The van der Waals surface area contributed by atoms with Crippen LogP contribution in [-0.4, -0.2) is 16.6 Å². The lowest BCUT2D eigenvalue weighted by molar-refractivity contribution is -0.148. The van der Waals surface area contributed by atoms with Crippen LogP contribution in [0.4, 0.5) is 5.69 Å². The molecule has 2 N–H and O–H groups in total. The molecule has 4 heteroatoms. The smallest absolute Gasteiger partial charge is 0.326 e. The first-order valence-electron chi connectivity index (χ1n) is 4.18. The summed E-state index contributed by atoms with van der Waals surface area (Å²) in [5, 5.41) is 0. The van der Waals surface area contributed by atoms with Crippen molar-refractivity contribution >= 4 is 11.7 Å². The van der Waals surface area contributed by atoms with E-state index in [0.29, 0.717) is 5.69 Å². The average Bonchev–Trinajstić information content (AvgIpc) is 2.33. The zero-order chi connectivity index (χ0) is 9.84. The summed E-state index contributed by atoms with van der Waals surface area (Å²) in [7, 11) is 0. The van der Waals surface area contributed by atoms with Crippen LogP contribution in [0.15, 0.2) is 18.5 Å². The Morgan fingerprint density at radius 3 is 2.85 bits per heavy atom. The van der Waals surface area contributed by atoms with Gasteiger partial charge in [0.05, 0.1) is 6.10 Å². The van der Waals surface area contributed by atoms with Crippen molar-refractivity contribution in [2.45, 2.75) is 26.5 Å². The molecule has 1 aromatic rings.